The number of rotatable bonds is 24. The van der Waals surface area contributed by atoms with Gasteiger partial charge in [0, 0.05) is 5.97 Å². The molecule has 0 saturated heterocycles. The first-order valence-electron chi connectivity index (χ1n) is 17.9. The van der Waals surface area contributed by atoms with Crippen LogP contribution in [0.3, 0.4) is 0 Å². The van der Waals surface area contributed by atoms with Gasteiger partial charge in [0.1, 0.15) is 0 Å². The van der Waals surface area contributed by atoms with Crippen molar-refractivity contribution in [3.63, 3.8) is 0 Å². The molecule has 4 radical (unpaired) electrons. The zero-order valence-corrected chi connectivity index (χ0v) is 32.4. The van der Waals surface area contributed by atoms with E-state index in [9.17, 15) is 19.8 Å². The number of carbonyl (C=O) groups excluding carboxylic acids is 2. The minimum Gasteiger partial charge on any atom is -0.550 e. The van der Waals surface area contributed by atoms with Crippen molar-refractivity contribution < 1.29 is 19.8 Å². The third-order valence-electron chi connectivity index (χ3n) is 7.23. The summed E-state index contributed by atoms with van der Waals surface area (Å²) in [5.74, 6) is -2.03. The quantitative estimate of drug-likeness (QED) is 0.0786. The van der Waals surface area contributed by atoms with Gasteiger partial charge in [-0.15, -0.1) is 0 Å². The summed E-state index contributed by atoms with van der Waals surface area (Å²) in [6, 6.07) is 6.55. The first kappa shape index (κ1) is 49.8. The van der Waals surface area contributed by atoms with Gasteiger partial charge in [-0.05, 0) is 25.3 Å². The van der Waals surface area contributed by atoms with Crippen molar-refractivity contribution in [2.24, 2.45) is 0 Å². The molecule has 4 nitrogen and oxygen atoms in total. The van der Waals surface area contributed by atoms with Crippen LogP contribution < -0.4 is 10.2 Å². The van der Waals surface area contributed by atoms with E-state index in [-0.39, 0.29) is 35.9 Å². The summed E-state index contributed by atoms with van der Waals surface area (Å²) in [6.45, 7) is 15.6. The Kier molecular flexibility index (Phi) is 49.9. The van der Waals surface area contributed by atoms with Crippen molar-refractivity contribution in [3.05, 3.63) is 49.2 Å². The first-order chi connectivity index (χ1) is 20.8. The maximum Gasteiger partial charge on any atom is 2.00 e. The van der Waals surface area contributed by atoms with Gasteiger partial charge in [0.05, 0.1) is 5.97 Å². The Bertz CT molecular complexity index is 667. The van der Waals surface area contributed by atoms with Gasteiger partial charge >= 0.3 is 23.9 Å². The van der Waals surface area contributed by atoms with Gasteiger partial charge in [-0.2, -0.15) is 0 Å². The number of carboxylic acid groups (broad SMARTS) is 2. The summed E-state index contributed by atoms with van der Waals surface area (Å²) in [4.78, 5) is 20.5. The third kappa shape index (κ3) is 47.9. The minimum atomic E-state index is -1.12. The average molecular weight is 722 g/mol. The van der Waals surface area contributed by atoms with Crippen LogP contribution in [0.15, 0.2) is 24.3 Å². The molecule has 5 heteroatoms. The van der Waals surface area contributed by atoms with Crippen LogP contribution in [-0.2, 0) is 4.79 Å². The number of hydrogen-bond donors (Lipinski definition) is 0. The van der Waals surface area contributed by atoms with Gasteiger partial charge in [-0.3, -0.25) is 0 Å². The number of aromatic carboxylic acids is 1. The number of aliphatic carboxylic acids is 1. The Morgan fingerprint density at radius 1 is 0.523 bits per heavy atom. The molecule has 0 aliphatic rings. The molecule has 0 heterocycles. The molecule has 0 bridgehead atoms. The van der Waals surface area contributed by atoms with E-state index < -0.39 is 11.9 Å². The van der Waals surface area contributed by atoms with Crippen LogP contribution in [0, 0.1) is 20.8 Å². The summed E-state index contributed by atoms with van der Waals surface area (Å²) < 4.78 is 0. The number of hydrogen-bond acceptors (Lipinski definition) is 4. The Morgan fingerprint density at radius 2 is 0.795 bits per heavy atom. The number of carboxylic acids is 2. The van der Waals surface area contributed by atoms with Crippen LogP contribution in [-0.4, -0.2) is 35.8 Å². The zero-order chi connectivity index (χ0) is 32.8. The number of unbranched alkanes of at least 4 members (excludes halogenated alkanes) is 21. The van der Waals surface area contributed by atoms with Crippen LogP contribution >= 0.6 is 0 Å². The summed E-state index contributed by atoms with van der Waals surface area (Å²) >= 11 is 0. The molecule has 0 fully saturated rings. The van der Waals surface area contributed by atoms with Gasteiger partial charge in [-0.25, -0.2) is 0 Å². The minimum absolute atomic E-state index is 0. The molecule has 1 aromatic carbocycles. The van der Waals surface area contributed by atoms with Gasteiger partial charge in [0.2, 0.25) is 0 Å². The predicted molar refractivity (Wildman–Crippen MR) is 189 cm³/mol. The average Bonchev–Trinajstić information content (AvgIpc) is 3.00. The molecule has 44 heavy (non-hydrogen) atoms. The first-order valence-corrected chi connectivity index (χ1v) is 17.9. The number of aryl methyl sites for hydroxylation is 1. The fraction of sp³-hybridized carbons (Fsp3) is 0.744. The second-order valence-corrected chi connectivity index (χ2v) is 11.7. The number of carbonyl (C=O) groups is 2. The molecule has 1 rings (SSSR count). The zero-order valence-electron chi connectivity index (χ0n) is 29.5. The maximum atomic E-state index is 10.3. The molecule has 0 saturated carbocycles. The van der Waals surface area contributed by atoms with Crippen molar-refractivity contribution >= 4 is 35.8 Å². The van der Waals surface area contributed by atoms with E-state index in [1.165, 1.54) is 141 Å². The van der Waals surface area contributed by atoms with Gasteiger partial charge in [0.15, 0.2) is 0 Å². The van der Waals surface area contributed by atoms with Gasteiger partial charge in [0.25, 0.3) is 0 Å². The van der Waals surface area contributed by atoms with Gasteiger partial charge < -0.3 is 19.8 Å². The van der Waals surface area contributed by atoms with E-state index in [0.29, 0.717) is 0 Å². The van der Waals surface area contributed by atoms with E-state index in [4.69, 9.17) is 0 Å². The molecule has 0 unspecified atom stereocenters. The van der Waals surface area contributed by atoms with E-state index in [1.54, 1.807) is 12.1 Å². The van der Waals surface area contributed by atoms with Crippen LogP contribution in [0.1, 0.15) is 197 Å². The number of benzene rings is 1. The molecule has 0 N–H and O–H groups in total. The van der Waals surface area contributed by atoms with Crippen LogP contribution in [0.2, 0.25) is 0 Å². The molecular formula is C39H70O4Sn. The fourth-order valence-corrected chi connectivity index (χ4v) is 4.21. The largest absolute Gasteiger partial charge is 2.00 e. The molecule has 0 atom stereocenters. The Balaban J connectivity index is -0.000000341. The fourth-order valence-electron chi connectivity index (χ4n) is 4.21. The van der Waals surface area contributed by atoms with Crippen molar-refractivity contribution in [2.45, 2.75) is 188 Å². The smallest absolute Gasteiger partial charge is 0.550 e. The molecule has 1 aromatic rings. The van der Waals surface area contributed by atoms with Crippen molar-refractivity contribution in [3.8, 4) is 0 Å². The Labute approximate surface area is 291 Å². The monoisotopic (exact) mass is 722 g/mol. The summed E-state index contributed by atoms with van der Waals surface area (Å²) in [6.07, 6.45) is 31.8. The molecular weight excluding hydrogens is 651 g/mol. The second kappa shape index (κ2) is 44.1. The van der Waals surface area contributed by atoms with Crippen molar-refractivity contribution in [1.82, 2.24) is 0 Å². The van der Waals surface area contributed by atoms with Crippen LogP contribution in [0.25, 0.3) is 0 Å². The topological polar surface area (TPSA) is 80.3 Å². The third-order valence-corrected chi connectivity index (χ3v) is 7.23. The molecule has 0 aromatic heterocycles. The molecule has 254 valence electrons. The Morgan fingerprint density at radius 3 is 1.02 bits per heavy atom. The SMILES string of the molecule is CCCCCCCCCCCCCCCCCCCCCCC(=O)[O-].Cc1ccc(C(=O)[O-])cc1.[CH2]CCC.[CH2]CCC.[Sn+2]. The predicted octanol–water partition coefficient (Wildman–Crippen LogP) is 10.2. The van der Waals surface area contributed by atoms with E-state index in [2.05, 4.69) is 34.6 Å². The van der Waals surface area contributed by atoms with E-state index in [0.717, 1.165) is 31.2 Å². The van der Waals surface area contributed by atoms with Crippen molar-refractivity contribution in [2.75, 3.05) is 0 Å². The van der Waals surface area contributed by atoms with Crippen LogP contribution in [0.4, 0.5) is 0 Å². The Hall–Kier alpha value is -1.04. The van der Waals surface area contributed by atoms with E-state index in [1.807, 2.05) is 6.92 Å². The van der Waals surface area contributed by atoms with Crippen LogP contribution in [0.5, 0.6) is 0 Å². The van der Waals surface area contributed by atoms with E-state index >= 15 is 0 Å². The standard InChI is InChI=1S/C23H46O2.C8H8O2.2C4H9.Sn/c1-2-3-4-5-6-7-8-9-10-11-12-13-14-15-16-17-18-19-20-21-22-23(24)25;1-6-2-4-7(5-3-6)8(9)10;2*1-3-4-2;/h2-22H2,1H3,(H,24,25);2-5H,1H3,(H,9,10);2*1,3-4H2,2H3;/q;;;;+2/p-2. The normalized spacial score (nSPS) is 9.77. The second-order valence-electron chi connectivity index (χ2n) is 11.7. The van der Waals surface area contributed by atoms with Crippen molar-refractivity contribution in [1.29, 1.82) is 0 Å². The summed E-state index contributed by atoms with van der Waals surface area (Å²) in [5, 5.41) is 20.5. The maximum absolute atomic E-state index is 10.3. The summed E-state index contributed by atoms with van der Waals surface area (Å²) in [5.41, 5.74) is 1.27. The summed E-state index contributed by atoms with van der Waals surface area (Å²) in [7, 11) is 0. The van der Waals surface area contributed by atoms with Gasteiger partial charge in [-0.1, -0.05) is 212 Å². The molecule has 0 aliphatic heterocycles. The molecule has 0 amide bonds. The molecule has 0 spiro atoms. The molecule has 0 aliphatic carbocycles.